The van der Waals surface area contributed by atoms with Gasteiger partial charge in [0.05, 0.1) is 8.80 Å². The van der Waals surface area contributed by atoms with Crippen molar-refractivity contribution in [1.29, 1.82) is 0 Å². The van der Waals surface area contributed by atoms with Crippen molar-refractivity contribution in [3.05, 3.63) is 35.4 Å². The fourth-order valence-electron chi connectivity index (χ4n) is 4.14. The molecule has 0 N–H and O–H groups in total. The van der Waals surface area contributed by atoms with Crippen molar-refractivity contribution in [3.63, 3.8) is 0 Å². The van der Waals surface area contributed by atoms with Crippen LogP contribution in [-0.4, -0.2) is 32.9 Å². The molecule has 1 aliphatic heterocycles. The van der Waals surface area contributed by atoms with E-state index in [9.17, 15) is 18.0 Å². The predicted molar refractivity (Wildman–Crippen MR) is 109 cm³/mol. The Morgan fingerprint density at radius 2 is 1.61 bits per heavy atom. The van der Waals surface area contributed by atoms with Gasteiger partial charge in [-0.3, -0.25) is 0 Å². The summed E-state index contributed by atoms with van der Waals surface area (Å²) in [6.07, 6.45) is -2.30. The molecule has 2 fully saturated rings. The molecule has 1 heterocycles. The summed E-state index contributed by atoms with van der Waals surface area (Å²) in [5.41, 5.74) is -0.560. The Hall–Kier alpha value is -0.760. The van der Waals surface area contributed by atoms with Crippen molar-refractivity contribution in [2.45, 2.75) is 60.5 Å². The topological polar surface area (TPSA) is 29.5 Å². The van der Waals surface area contributed by atoms with Crippen LogP contribution in [-0.2, 0) is 16.3 Å². The molecule has 3 rings (SSSR count). The molecule has 0 spiro atoms. The van der Waals surface area contributed by atoms with Gasteiger partial charge < -0.3 is 9.64 Å². The van der Waals surface area contributed by atoms with Gasteiger partial charge in [0.1, 0.15) is 5.60 Å². The van der Waals surface area contributed by atoms with Crippen LogP contribution in [0.3, 0.4) is 0 Å². The molecule has 1 atom stereocenters. The van der Waals surface area contributed by atoms with Crippen LogP contribution in [0.1, 0.15) is 51.2 Å². The lowest BCUT2D eigenvalue weighted by Gasteiger charge is -2.38. The number of amides is 1. The van der Waals surface area contributed by atoms with Gasteiger partial charge in [0.15, 0.2) is 0 Å². The van der Waals surface area contributed by atoms with Gasteiger partial charge in [-0.25, -0.2) is 4.79 Å². The van der Waals surface area contributed by atoms with Crippen LogP contribution in [0.4, 0.5) is 18.0 Å². The highest BCUT2D eigenvalue weighted by molar-refractivity contribution is 9.25. The molecule has 0 radical (unpaired) electrons. The van der Waals surface area contributed by atoms with Crippen molar-refractivity contribution >= 4 is 38.0 Å². The van der Waals surface area contributed by atoms with E-state index in [0.717, 1.165) is 37.0 Å². The van der Waals surface area contributed by atoms with E-state index in [0.29, 0.717) is 13.1 Å². The largest absolute Gasteiger partial charge is 0.444 e. The zero-order chi connectivity index (χ0) is 21.0. The maximum atomic E-state index is 12.9. The average Bonchev–Trinajstić information content (AvgIpc) is 3.16. The third kappa shape index (κ3) is 4.23. The second kappa shape index (κ2) is 7.18. The molecule has 0 aromatic heterocycles. The molecule has 1 aromatic carbocycles. The highest BCUT2D eigenvalue weighted by Gasteiger charge is 2.69. The van der Waals surface area contributed by atoms with Crippen molar-refractivity contribution < 1.29 is 22.7 Å². The highest BCUT2D eigenvalue weighted by atomic mass is 79.9. The number of likely N-dealkylation sites (tertiary alicyclic amines) is 1. The Kier molecular flexibility index (Phi) is 5.63. The molecule has 28 heavy (non-hydrogen) atoms. The Morgan fingerprint density at radius 1 is 1.11 bits per heavy atom. The second-order valence-electron chi connectivity index (χ2n) is 8.67. The fraction of sp³-hybridized carbons (Fsp3) is 0.650. The average molecular weight is 527 g/mol. The van der Waals surface area contributed by atoms with Crippen molar-refractivity contribution in [2.24, 2.45) is 5.92 Å². The number of carbonyl (C=O) groups excluding carboxylic acids is 1. The van der Waals surface area contributed by atoms with Crippen LogP contribution in [0.5, 0.6) is 0 Å². The predicted octanol–water partition coefficient (Wildman–Crippen LogP) is 6.48. The van der Waals surface area contributed by atoms with Crippen molar-refractivity contribution in [2.75, 3.05) is 13.1 Å². The summed E-state index contributed by atoms with van der Waals surface area (Å²) in [5, 5.41) is 0. The molecule has 0 bridgehead atoms. The minimum absolute atomic E-state index is 0.252. The van der Waals surface area contributed by atoms with Gasteiger partial charge in [0.25, 0.3) is 0 Å². The molecule has 8 heteroatoms. The van der Waals surface area contributed by atoms with Crippen molar-refractivity contribution in [1.82, 2.24) is 4.90 Å². The van der Waals surface area contributed by atoms with E-state index in [1.54, 1.807) is 17.0 Å². The van der Waals surface area contributed by atoms with E-state index in [1.807, 2.05) is 20.8 Å². The first kappa shape index (κ1) is 21.9. The monoisotopic (exact) mass is 525 g/mol. The maximum absolute atomic E-state index is 12.9. The van der Waals surface area contributed by atoms with Crippen molar-refractivity contribution in [3.8, 4) is 0 Å². The zero-order valence-electron chi connectivity index (χ0n) is 16.1. The van der Waals surface area contributed by atoms with E-state index in [-0.39, 0.29) is 20.7 Å². The van der Waals surface area contributed by atoms with E-state index >= 15 is 0 Å². The van der Waals surface area contributed by atoms with E-state index < -0.39 is 17.3 Å². The van der Waals surface area contributed by atoms with E-state index in [2.05, 4.69) is 31.9 Å². The third-order valence-electron chi connectivity index (χ3n) is 5.60. The van der Waals surface area contributed by atoms with E-state index in [4.69, 9.17) is 4.74 Å². The van der Waals surface area contributed by atoms with Gasteiger partial charge in [-0.2, -0.15) is 13.2 Å². The first-order chi connectivity index (χ1) is 12.8. The van der Waals surface area contributed by atoms with Crippen LogP contribution in [0, 0.1) is 5.92 Å². The Bertz CT molecular complexity index is 735. The van der Waals surface area contributed by atoms with Crippen LogP contribution in [0.2, 0.25) is 0 Å². The van der Waals surface area contributed by atoms with Crippen LogP contribution in [0.15, 0.2) is 24.3 Å². The summed E-state index contributed by atoms with van der Waals surface area (Å²) in [5.74, 6) is 0.252. The summed E-state index contributed by atoms with van der Waals surface area (Å²) >= 11 is 7.43. The number of alkyl halides is 5. The van der Waals surface area contributed by atoms with Gasteiger partial charge in [-0.05, 0) is 63.6 Å². The lowest BCUT2D eigenvalue weighted by molar-refractivity contribution is -0.137. The molecule has 156 valence electrons. The number of hydrogen-bond donors (Lipinski definition) is 0. The van der Waals surface area contributed by atoms with Crippen LogP contribution < -0.4 is 0 Å². The summed E-state index contributed by atoms with van der Waals surface area (Å²) in [7, 11) is 0. The SMILES string of the molecule is CC(C)(C)OC(=O)N1CCC(C2(c3ccc(C(F)(F)F)cc3)CC2(Br)Br)CC1. The van der Waals surface area contributed by atoms with Gasteiger partial charge in [-0.1, -0.05) is 44.0 Å². The molecule has 1 saturated carbocycles. The quantitative estimate of drug-likeness (QED) is 0.413. The molecule has 1 amide bonds. The van der Waals surface area contributed by atoms with Gasteiger partial charge in [0.2, 0.25) is 0 Å². The Morgan fingerprint density at radius 3 is 2.00 bits per heavy atom. The first-order valence-electron chi connectivity index (χ1n) is 9.30. The summed E-state index contributed by atoms with van der Waals surface area (Å²) in [6.45, 7) is 6.68. The number of carbonyl (C=O) groups is 1. The van der Waals surface area contributed by atoms with Crippen LogP contribution in [0.25, 0.3) is 0 Å². The normalized spacial score (nSPS) is 25.5. The molecule has 1 saturated heterocycles. The highest BCUT2D eigenvalue weighted by Crippen LogP contribution is 2.72. The molecule has 2 aliphatic rings. The number of piperidine rings is 1. The van der Waals surface area contributed by atoms with Gasteiger partial charge in [-0.15, -0.1) is 0 Å². The van der Waals surface area contributed by atoms with Gasteiger partial charge >= 0.3 is 12.3 Å². The number of rotatable bonds is 2. The minimum Gasteiger partial charge on any atom is -0.444 e. The summed E-state index contributed by atoms with van der Waals surface area (Å²) in [4.78, 5) is 14.0. The molecular formula is C20H24Br2F3NO2. The maximum Gasteiger partial charge on any atom is 0.416 e. The Balaban J connectivity index is 1.74. The molecule has 3 nitrogen and oxygen atoms in total. The number of nitrogens with zero attached hydrogens (tertiary/aromatic N) is 1. The number of ether oxygens (including phenoxy) is 1. The first-order valence-corrected chi connectivity index (χ1v) is 10.9. The second-order valence-corrected chi connectivity index (χ2v) is 12.4. The lowest BCUT2D eigenvalue weighted by Crippen LogP contribution is -2.44. The number of halogens is 5. The summed E-state index contributed by atoms with van der Waals surface area (Å²) in [6, 6.07) is 5.49. The smallest absolute Gasteiger partial charge is 0.416 e. The molecule has 1 aromatic rings. The third-order valence-corrected chi connectivity index (χ3v) is 7.58. The van der Waals surface area contributed by atoms with E-state index in [1.165, 1.54) is 0 Å². The fourth-order valence-corrected chi connectivity index (χ4v) is 6.13. The van der Waals surface area contributed by atoms with Crippen LogP contribution >= 0.6 is 31.9 Å². The molecular weight excluding hydrogens is 503 g/mol. The molecule has 1 aliphatic carbocycles. The summed E-state index contributed by atoms with van der Waals surface area (Å²) < 4.78 is 43.8. The standard InChI is InChI=1S/C20H24Br2F3NO2/c1-17(2,3)28-16(27)26-10-8-14(9-11-26)18(12-19(18,21)22)13-4-6-15(7-5-13)20(23,24)25/h4-7,14H,8-12H2,1-3H3. The zero-order valence-corrected chi connectivity index (χ0v) is 19.2. The number of benzene rings is 1. The minimum atomic E-state index is -4.34. The Labute approximate surface area is 180 Å². The number of hydrogen-bond acceptors (Lipinski definition) is 2. The molecule has 1 unspecified atom stereocenters. The van der Waals surface area contributed by atoms with Gasteiger partial charge in [0, 0.05) is 18.5 Å². The lowest BCUT2D eigenvalue weighted by atomic mass is 9.77.